The fourth-order valence-electron chi connectivity index (χ4n) is 2.29. The third kappa shape index (κ3) is 4.81. The Kier molecular flexibility index (Phi) is 6.01. The van der Waals surface area contributed by atoms with E-state index < -0.39 is 0 Å². The van der Waals surface area contributed by atoms with Gasteiger partial charge in [0.2, 0.25) is 5.91 Å². The summed E-state index contributed by atoms with van der Waals surface area (Å²) in [6.45, 7) is 1.61. The summed E-state index contributed by atoms with van der Waals surface area (Å²) >= 11 is 2.68. The number of benzene rings is 1. The fraction of sp³-hybridized carbons (Fsp3) is 0.167. The third-order valence-corrected chi connectivity index (χ3v) is 5.80. The topological polar surface area (TPSA) is 101 Å². The molecule has 1 N–H and O–H groups in total. The number of rotatable bonds is 6. The Labute approximate surface area is 163 Å². The van der Waals surface area contributed by atoms with E-state index >= 15 is 0 Å². The Morgan fingerprint density at radius 1 is 1.30 bits per heavy atom. The molecule has 1 aromatic carbocycles. The average molecular weight is 397 g/mol. The number of hydrogen-bond acceptors (Lipinski definition) is 7. The standard InChI is InChI=1S/C18H15N5O2S2/c1-12-17(26-10-9-19)27-18(20-12)21-15(24)11-23-16(25)8-7-14(22-23)13-5-3-2-4-6-13/h2-8H,10-11H2,1H3,(H,20,21,24). The van der Waals surface area contributed by atoms with Crippen molar-refractivity contribution in [2.45, 2.75) is 17.7 Å². The molecule has 0 atom stereocenters. The van der Waals surface area contributed by atoms with Crippen LogP contribution in [0.5, 0.6) is 0 Å². The van der Waals surface area contributed by atoms with Crippen LogP contribution in [0.15, 0.2) is 51.5 Å². The number of carbonyl (C=O) groups is 1. The molecule has 0 aliphatic heterocycles. The summed E-state index contributed by atoms with van der Waals surface area (Å²) in [6.07, 6.45) is 0. The highest BCUT2D eigenvalue weighted by Gasteiger charge is 2.13. The Morgan fingerprint density at radius 2 is 2.07 bits per heavy atom. The predicted molar refractivity (Wildman–Crippen MR) is 106 cm³/mol. The highest BCUT2D eigenvalue weighted by atomic mass is 32.2. The summed E-state index contributed by atoms with van der Waals surface area (Å²) in [6, 6.07) is 14.5. The largest absolute Gasteiger partial charge is 0.300 e. The van der Waals surface area contributed by atoms with Gasteiger partial charge in [0.05, 0.1) is 27.4 Å². The van der Waals surface area contributed by atoms with Crippen molar-refractivity contribution in [3.63, 3.8) is 0 Å². The van der Waals surface area contributed by atoms with Gasteiger partial charge in [0.1, 0.15) is 6.54 Å². The van der Waals surface area contributed by atoms with Crippen molar-refractivity contribution >= 4 is 34.1 Å². The molecule has 0 bridgehead atoms. The molecule has 0 aliphatic carbocycles. The zero-order valence-electron chi connectivity index (χ0n) is 14.4. The van der Waals surface area contributed by atoms with Crippen molar-refractivity contribution in [3.8, 4) is 17.3 Å². The molecule has 0 unspecified atom stereocenters. The fourth-order valence-corrected chi connectivity index (χ4v) is 4.10. The van der Waals surface area contributed by atoms with Gasteiger partial charge in [0.15, 0.2) is 5.13 Å². The van der Waals surface area contributed by atoms with Crippen molar-refractivity contribution in [2.75, 3.05) is 11.1 Å². The van der Waals surface area contributed by atoms with Crippen molar-refractivity contribution < 1.29 is 4.79 Å². The zero-order chi connectivity index (χ0) is 19.2. The molecule has 0 saturated heterocycles. The van der Waals surface area contributed by atoms with Gasteiger partial charge in [-0.3, -0.25) is 9.59 Å². The molecule has 3 rings (SSSR count). The quantitative estimate of drug-likeness (QED) is 0.642. The number of amides is 1. The molecule has 0 spiro atoms. The van der Waals surface area contributed by atoms with Crippen LogP contribution in [0.25, 0.3) is 11.3 Å². The first kappa shape index (κ1) is 18.8. The van der Waals surface area contributed by atoms with Crippen molar-refractivity contribution in [3.05, 3.63) is 58.5 Å². The molecular weight excluding hydrogens is 382 g/mol. The molecular formula is C18H15N5O2S2. The lowest BCUT2D eigenvalue weighted by Crippen LogP contribution is -2.29. The van der Waals surface area contributed by atoms with Gasteiger partial charge in [-0.05, 0) is 13.0 Å². The van der Waals surface area contributed by atoms with Crippen LogP contribution in [0.3, 0.4) is 0 Å². The van der Waals surface area contributed by atoms with Crippen LogP contribution in [-0.2, 0) is 11.3 Å². The maximum absolute atomic E-state index is 12.3. The summed E-state index contributed by atoms with van der Waals surface area (Å²) < 4.78 is 2.01. The number of anilines is 1. The molecule has 2 aromatic heterocycles. The zero-order valence-corrected chi connectivity index (χ0v) is 16.0. The summed E-state index contributed by atoms with van der Waals surface area (Å²) in [7, 11) is 0. The minimum absolute atomic E-state index is 0.210. The van der Waals surface area contributed by atoms with Crippen LogP contribution in [0.2, 0.25) is 0 Å². The SMILES string of the molecule is Cc1nc(NC(=O)Cn2nc(-c3ccccc3)ccc2=O)sc1SCC#N. The lowest BCUT2D eigenvalue weighted by atomic mass is 10.1. The highest BCUT2D eigenvalue weighted by molar-refractivity contribution is 8.01. The maximum atomic E-state index is 12.3. The van der Waals surface area contributed by atoms with E-state index in [1.165, 1.54) is 29.2 Å². The Hall–Kier alpha value is -2.96. The number of nitriles is 1. The molecule has 3 aromatic rings. The second kappa shape index (κ2) is 8.62. The van der Waals surface area contributed by atoms with E-state index in [-0.39, 0.29) is 18.0 Å². The summed E-state index contributed by atoms with van der Waals surface area (Å²) in [5.41, 5.74) is 1.88. The van der Waals surface area contributed by atoms with Gasteiger partial charge in [0, 0.05) is 11.6 Å². The molecule has 0 aliphatic rings. The van der Waals surface area contributed by atoms with Gasteiger partial charge in [-0.15, -0.1) is 0 Å². The number of carbonyl (C=O) groups excluding carboxylic acids is 1. The number of thioether (sulfide) groups is 1. The average Bonchev–Trinajstić information content (AvgIpc) is 3.01. The van der Waals surface area contributed by atoms with Gasteiger partial charge in [0.25, 0.3) is 5.56 Å². The Balaban J connectivity index is 1.73. The molecule has 0 radical (unpaired) electrons. The number of thiazole rings is 1. The molecule has 2 heterocycles. The number of nitrogens with one attached hydrogen (secondary N) is 1. The van der Waals surface area contributed by atoms with E-state index in [0.29, 0.717) is 16.6 Å². The maximum Gasteiger partial charge on any atom is 0.267 e. The van der Waals surface area contributed by atoms with E-state index in [1.807, 2.05) is 37.3 Å². The lowest BCUT2D eigenvalue weighted by molar-refractivity contribution is -0.117. The Bertz CT molecular complexity index is 1050. The number of aromatic nitrogens is 3. The van der Waals surface area contributed by atoms with Gasteiger partial charge < -0.3 is 5.32 Å². The molecule has 27 heavy (non-hydrogen) atoms. The highest BCUT2D eigenvalue weighted by Crippen LogP contribution is 2.31. The van der Waals surface area contributed by atoms with Crippen LogP contribution < -0.4 is 10.9 Å². The second-order valence-corrected chi connectivity index (χ2v) is 7.71. The van der Waals surface area contributed by atoms with E-state index in [9.17, 15) is 9.59 Å². The van der Waals surface area contributed by atoms with Crippen LogP contribution in [-0.4, -0.2) is 26.4 Å². The Morgan fingerprint density at radius 3 is 2.81 bits per heavy atom. The van der Waals surface area contributed by atoms with E-state index in [1.54, 1.807) is 6.07 Å². The normalized spacial score (nSPS) is 10.4. The number of hydrogen-bond donors (Lipinski definition) is 1. The minimum atomic E-state index is -0.389. The van der Waals surface area contributed by atoms with Crippen molar-refractivity contribution in [2.24, 2.45) is 0 Å². The number of nitrogens with zero attached hydrogens (tertiary/aromatic N) is 4. The van der Waals surface area contributed by atoms with Gasteiger partial charge in [-0.2, -0.15) is 10.4 Å². The minimum Gasteiger partial charge on any atom is -0.300 e. The van der Waals surface area contributed by atoms with Crippen molar-refractivity contribution in [1.29, 1.82) is 5.26 Å². The molecule has 9 heteroatoms. The summed E-state index contributed by atoms with van der Waals surface area (Å²) in [4.78, 5) is 28.6. The van der Waals surface area contributed by atoms with Gasteiger partial charge in [-0.1, -0.05) is 53.4 Å². The molecule has 0 saturated carbocycles. The first-order valence-corrected chi connectivity index (χ1v) is 9.77. The van der Waals surface area contributed by atoms with Gasteiger partial charge >= 0.3 is 0 Å². The monoisotopic (exact) mass is 397 g/mol. The van der Waals surface area contributed by atoms with Crippen LogP contribution >= 0.6 is 23.1 Å². The van der Waals surface area contributed by atoms with Crippen LogP contribution in [0, 0.1) is 18.3 Å². The van der Waals surface area contributed by atoms with Crippen LogP contribution in [0.4, 0.5) is 5.13 Å². The van der Waals surface area contributed by atoms with Crippen molar-refractivity contribution in [1.82, 2.24) is 14.8 Å². The molecule has 1 amide bonds. The van der Waals surface area contributed by atoms with E-state index in [4.69, 9.17) is 5.26 Å². The third-order valence-electron chi connectivity index (χ3n) is 3.50. The second-order valence-electron chi connectivity index (χ2n) is 5.47. The van der Waals surface area contributed by atoms with E-state index in [0.717, 1.165) is 20.1 Å². The first-order valence-electron chi connectivity index (χ1n) is 7.97. The van der Waals surface area contributed by atoms with E-state index in [2.05, 4.69) is 21.5 Å². The first-order chi connectivity index (χ1) is 13.1. The summed E-state index contributed by atoms with van der Waals surface area (Å²) in [5, 5.41) is 16.1. The lowest BCUT2D eigenvalue weighted by Gasteiger charge is -2.07. The molecule has 0 fully saturated rings. The van der Waals surface area contributed by atoms with Crippen LogP contribution in [0.1, 0.15) is 5.69 Å². The summed E-state index contributed by atoms with van der Waals surface area (Å²) in [5.74, 6) is -0.0671. The number of aryl methyl sites for hydroxylation is 1. The molecule has 136 valence electrons. The van der Waals surface area contributed by atoms with Gasteiger partial charge in [-0.25, -0.2) is 9.67 Å². The predicted octanol–water partition coefficient (Wildman–Crippen LogP) is 2.93. The molecule has 7 nitrogen and oxygen atoms in total. The smallest absolute Gasteiger partial charge is 0.267 e.